The van der Waals surface area contributed by atoms with E-state index < -0.39 is 0 Å². The van der Waals surface area contributed by atoms with Crippen molar-refractivity contribution in [3.05, 3.63) is 11.7 Å². The minimum atomic E-state index is -0.344. The molecule has 0 aromatic carbocycles. The van der Waals surface area contributed by atoms with E-state index >= 15 is 0 Å². The summed E-state index contributed by atoms with van der Waals surface area (Å²) in [5.74, 6) is 2.11. The third kappa shape index (κ3) is 2.73. The Hall–Kier alpha value is -0.940. The van der Waals surface area contributed by atoms with Gasteiger partial charge in [-0.05, 0) is 58.4 Å². The van der Waals surface area contributed by atoms with E-state index in [0.29, 0.717) is 18.4 Å². The average Bonchev–Trinajstić information content (AvgIpc) is 3.09. The molecule has 0 radical (unpaired) electrons. The van der Waals surface area contributed by atoms with Crippen molar-refractivity contribution in [3.63, 3.8) is 0 Å². The van der Waals surface area contributed by atoms with E-state index in [1.165, 1.54) is 12.8 Å². The van der Waals surface area contributed by atoms with Crippen molar-refractivity contribution in [2.45, 2.75) is 70.4 Å². The Balaban J connectivity index is 1.88. The zero-order valence-electron chi connectivity index (χ0n) is 13.4. The minimum Gasteiger partial charge on any atom is -0.367 e. The summed E-state index contributed by atoms with van der Waals surface area (Å²) in [6.07, 6.45) is 6.62. The molecule has 2 heterocycles. The van der Waals surface area contributed by atoms with Crippen molar-refractivity contribution in [3.8, 4) is 0 Å². The standard InChI is InChI=1S/C16H27N3O2/c1-4-20-16(9-5-7-12(2)11-16)13-18-14(21-19-13)15(3)8-6-10-17-15/h12,17H,4-11H2,1-3H3. The van der Waals surface area contributed by atoms with Gasteiger partial charge in [0.1, 0.15) is 5.60 Å². The fourth-order valence-corrected chi connectivity index (χ4v) is 3.89. The predicted octanol–water partition coefficient (Wildman–Crippen LogP) is 3.11. The predicted molar refractivity (Wildman–Crippen MR) is 79.8 cm³/mol. The summed E-state index contributed by atoms with van der Waals surface area (Å²) in [5.41, 5.74) is -0.512. The molecule has 1 aromatic rings. The molecule has 3 unspecified atom stereocenters. The van der Waals surface area contributed by atoms with Crippen molar-refractivity contribution in [2.24, 2.45) is 5.92 Å². The van der Waals surface area contributed by atoms with Gasteiger partial charge in [0, 0.05) is 6.61 Å². The molecule has 1 saturated carbocycles. The van der Waals surface area contributed by atoms with Gasteiger partial charge in [-0.25, -0.2) is 0 Å². The van der Waals surface area contributed by atoms with Crippen LogP contribution in [0.15, 0.2) is 4.52 Å². The van der Waals surface area contributed by atoms with E-state index in [0.717, 1.165) is 38.1 Å². The number of ether oxygens (including phenoxy) is 1. The SMILES string of the molecule is CCOC1(c2noc(C3(C)CCCN3)n2)CCCC(C)C1. The van der Waals surface area contributed by atoms with Gasteiger partial charge < -0.3 is 14.6 Å². The fourth-order valence-electron chi connectivity index (χ4n) is 3.89. The van der Waals surface area contributed by atoms with Crippen LogP contribution in [0.4, 0.5) is 0 Å². The maximum atomic E-state index is 6.13. The first-order valence-electron chi connectivity index (χ1n) is 8.32. The van der Waals surface area contributed by atoms with Gasteiger partial charge in [0.05, 0.1) is 5.54 Å². The molecule has 0 spiro atoms. The molecule has 1 saturated heterocycles. The van der Waals surface area contributed by atoms with Gasteiger partial charge in [-0.1, -0.05) is 18.5 Å². The van der Waals surface area contributed by atoms with E-state index in [-0.39, 0.29) is 11.1 Å². The number of hydrogen-bond donors (Lipinski definition) is 1. The van der Waals surface area contributed by atoms with Crippen LogP contribution in [0.25, 0.3) is 0 Å². The van der Waals surface area contributed by atoms with E-state index in [1.807, 2.05) is 6.92 Å². The van der Waals surface area contributed by atoms with Crippen LogP contribution in [-0.2, 0) is 15.9 Å². The van der Waals surface area contributed by atoms with Crippen LogP contribution < -0.4 is 5.32 Å². The van der Waals surface area contributed by atoms with Crippen LogP contribution in [0.1, 0.15) is 71.0 Å². The monoisotopic (exact) mass is 293 g/mol. The van der Waals surface area contributed by atoms with E-state index in [4.69, 9.17) is 14.2 Å². The van der Waals surface area contributed by atoms with Gasteiger partial charge in [0.2, 0.25) is 11.7 Å². The number of aromatic nitrogens is 2. The maximum absolute atomic E-state index is 6.13. The van der Waals surface area contributed by atoms with Crippen LogP contribution in [0.3, 0.4) is 0 Å². The summed E-state index contributed by atoms with van der Waals surface area (Å²) in [4.78, 5) is 4.75. The molecule has 2 aliphatic rings. The second-order valence-electron chi connectivity index (χ2n) is 6.91. The zero-order chi connectivity index (χ0) is 14.9. The van der Waals surface area contributed by atoms with Crippen LogP contribution in [0.2, 0.25) is 0 Å². The summed E-state index contributed by atoms with van der Waals surface area (Å²) in [6.45, 7) is 8.18. The van der Waals surface area contributed by atoms with Gasteiger partial charge >= 0.3 is 0 Å². The smallest absolute Gasteiger partial charge is 0.246 e. The normalized spacial score (nSPS) is 37.0. The van der Waals surface area contributed by atoms with E-state index in [1.54, 1.807) is 0 Å². The number of nitrogens with zero attached hydrogens (tertiary/aromatic N) is 2. The zero-order valence-corrected chi connectivity index (χ0v) is 13.4. The Morgan fingerprint density at radius 2 is 2.24 bits per heavy atom. The largest absolute Gasteiger partial charge is 0.367 e. The second-order valence-corrected chi connectivity index (χ2v) is 6.91. The average molecular weight is 293 g/mol. The van der Waals surface area contributed by atoms with Crippen LogP contribution >= 0.6 is 0 Å². The molecule has 0 bridgehead atoms. The highest BCUT2D eigenvalue weighted by Gasteiger charge is 2.43. The number of nitrogens with one attached hydrogen (secondary N) is 1. The highest BCUT2D eigenvalue weighted by atomic mass is 16.5. The van der Waals surface area contributed by atoms with Crippen molar-refractivity contribution < 1.29 is 9.26 Å². The molecule has 2 fully saturated rings. The lowest BCUT2D eigenvalue weighted by Gasteiger charge is -2.37. The molecule has 5 nitrogen and oxygen atoms in total. The summed E-state index contributed by atoms with van der Waals surface area (Å²) >= 11 is 0. The molecule has 0 amide bonds. The fraction of sp³-hybridized carbons (Fsp3) is 0.875. The molecular weight excluding hydrogens is 266 g/mol. The number of rotatable bonds is 4. The lowest BCUT2D eigenvalue weighted by atomic mass is 9.78. The first-order chi connectivity index (χ1) is 10.1. The Bertz CT molecular complexity index is 478. The van der Waals surface area contributed by atoms with Crippen molar-refractivity contribution >= 4 is 0 Å². The van der Waals surface area contributed by atoms with Gasteiger partial charge in [-0.3, -0.25) is 0 Å². The Kier molecular flexibility index (Phi) is 4.06. The molecule has 3 rings (SSSR count). The van der Waals surface area contributed by atoms with Gasteiger partial charge in [0.25, 0.3) is 0 Å². The summed E-state index contributed by atoms with van der Waals surface area (Å²) < 4.78 is 11.7. The quantitative estimate of drug-likeness (QED) is 0.924. The van der Waals surface area contributed by atoms with E-state index in [9.17, 15) is 0 Å². The van der Waals surface area contributed by atoms with Crippen LogP contribution in [0, 0.1) is 5.92 Å². The lowest BCUT2D eigenvalue weighted by Crippen LogP contribution is -2.37. The number of hydrogen-bond acceptors (Lipinski definition) is 5. The maximum Gasteiger partial charge on any atom is 0.246 e. The first-order valence-corrected chi connectivity index (χ1v) is 8.32. The van der Waals surface area contributed by atoms with Crippen molar-refractivity contribution in [1.29, 1.82) is 0 Å². The summed E-state index contributed by atoms with van der Waals surface area (Å²) in [5, 5.41) is 7.79. The molecule has 1 aliphatic heterocycles. The van der Waals surface area contributed by atoms with Crippen LogP contribution in [0.5, 0.6) is 0 Å². The van der Waals surface area contributed by atoms with Crippen molar-refractivity contribution in [1.82, 2.24) is 15.5 Å². The third-order valence-corrected chi connectivity index (χ3v) is 5.05. The lowest BCUT2D eigenvalue weighted by molar-refractivity contribution is -0.0891. The van der Waals surface area contributed by atoms with E-state index in [2.05, 4.69) is 24.3 Å². The molecule has 21 heavy (non-hydrogen) atoms. The Morgan fingerprint density at radius 1 is 1.38 bits per heavy atom. The van der Waals surface area contributed by atoms with Gasteiger partial charge in [-0.15, -0.1) is 0 Å². The third-order valence-electron chi connectivity index (χ3n) is 5.05. The highest BCUT2D eigenvalue weighted by molar-refractivity contribution is 5.10. The minimum absolute atomic E-state index is 0.168. The molecule has 3 atom stereocenters. The van der Waals surface area contributed by atoms with Gasteiger partial charge in [0.15, 0.2) is 0 Å². The molecule has 5 heteroatoms. The second kappa shape index (κ2) is 5.69. The van der Waals surface area contributed by atoms with Gasteiger partial charge in [-0.2, -0.15) is 4.98 Å². The Morgan fingerprint density at radius 3 is 2.90 bits per heavy atom. The molecule has 1 aromatic heterocycles. The summed E-state index contributed by atoms with van der Waals surface area (Å²) in [7, 11) is 0. The molecule has 1 aliphatic carbocycles. The topological polar surface area (TPSA) is 60.2 Å². The first kappa shape index (κ1) is 15.0. The highest BCUT2D eigenvalue weighted by Crippen LogP contribution is 2.42. The molecule has 1 N–H and O–H groups in total. The Labute approximate surface area is 126 Å². The molecular formula is C16H27N3O2. The summed E-state index contributed by atoms with van der Waals surface area (Å²) in [6, 6.07) is 0. The van der Waals surface area contributed by atoms with Crippen molar-refractivity contribution in [2.75, 3.05) is 13.2 Å². The molecule has 118 valence electrons. The van der Waals surface area contributed by atoms with Crippen LogP contribution in [-0.4, -0.2) is 23.3 Å².